The minimum absolute atomic E-state index is 0.0971. The van der Waals surface area contributed by atoms with Gasteiger partial charge in [-0.1, -0.05) is 12.1 Å². The Hall–Kier alpha value is -2.69. The number of carbonyl (C=O) groups excluding carboxylic acids is 1. The second kappa shape index (κ2) is 8.33. The number of sulfonamides is 1. The lowest BCUT2D eigenvalue weighted by atomic mass is 10.1. The second-order valence-electron chi connectivity index (χ2n) is 6.54. The zero-order valence-corrected chi connectivity index (χ0v) is 16.7. The summed E-state index contributed by atoms with van der Waals surface area (Å²) in [7, 11) is -1.96. The Morgan fingerprint density at radius 3 is 2.33 bits per heavy atom. The molecular weight excluding hydrogens is 362 g/mol. The number of hydrogen-bond donors (Lipinski definition) is 1. The monoisotopic (exact) mass is 385 g/mol. The van der Waals surface area contributed by atoms with Crippen molar-refractivity contribution in [2.24, 2.45) is 0 Å². The predicted octanol–water partition coefficient (Wildman–Crippen LogP) is 3.40. The van der Waals surface area contributed by atoms with Crippen molar-refractivity contribution in [3.63, 3.8) is 0 Å². The first-order valence-electron chi connectivity index (χ1n) is 8.52. The fourth-order valence-corrected chi connectivity index (χ4v) is 3.86. The van der Waals surface area contributed by atoms with Crippen LogP contribution < -0.4 is 5.32 Å². The second-order valence-corrected chi connectivity index (χ2v) is 8.54. The summed E-state index contributed by atoms with van der Waals surface area (Å²) in [5, 5.41) is 12.2. The average Bonchev–Trinajstić information content (AvgIpc) is 2.65. The Bertz CT molecular complexity index is 975. The Balaban J connectivity index is 2.19. The number of rotatable bonds is 7. The molecule has 0 bridgehead atoms. The van der Waals surface area contributed by atoms with E-state index < -0.39 is 10.0 Å². The van der Waals surface area contributed by atoms with Gasteiger partial charge in [0.1, 0.15) is 0 Å². The van der Waals surface area contributed by atoms with Crippen LogP contribution in [0.3, 0.4) is 0 Å². The van der Waals surface area contributed by atoms with Gasteiger partial charge in [-0.3, -0.25) is 4.79 Å². The van der Waals surface area contributed by atoms with Gasteiger partial charge in [0.2, 0.25) is 10.0 Å². The molecule has 142 valence electrons. The van der Waals surface area contributed by atoms with E-state index in [2.05, 4.69) is 11.4 Å². The third-order valence-corrected chi connectivity index (χ3v) is 6.39. The summed E-state index contributed by atoms with van der Waals surface area (Å²) in [5.41, 5.74) is 2.41. The highest BCUT2D eigenvalue weighted by Gasteiger charge is 2.22. The van der Waals surface area contributed by atoms with E-state index in [0.29, 0.717) is 23.4 Å². The zero-order chi connectivity index (χ0) is 20.2. The van der Waals surface area contributed by atoms with Gasteiger partial charge in [-0.2, -0.15) is 9.57 Å². The van der Waals surface area contributed by atoms with E-state index in [9.17, 15) is 13.2 Å². The third kappa shape index (κ3) is 4.73. The molecule has 0 unspecified atom stereocenters. The third-order valence-electron chi connectivity index (χ3n) is 4.34. The molecule has 27 heavy (non-hydrogen) atoms. The highest BCUT2D eigenvalue weighted by atomic mass is 32.2. The van der Waals surface area contributed by atoms with Gasteiger partial charge in [0.25, 0.3) is 0 Å². The van der Waals surface area contributed by atoms with Crippen LogP contribution in [0.4, 0.5) is 5.69 Å². The van der Waals surface area contributed by atoms with E-state index in [4.69, 9.17) is 5.26 Å². The molecule has 0 aliphatic carbocycles. The van der Waals surface area contributed by atoms with Crippen LogP contribution in [0.2, 0.25) is 0 Å². The minimum Gasteiger partial charge on any atom is -0.380 e. The van der Waals surface area contributed by atoms with E-state index in [0.717, 1.165) is 5.56 Å². The molecule has 0 aliphatic rings. The van der Waals surface area contributed by atoms with Gasteiger partial charge in [-0.05, 0) is 56.7 Å². The molecule has 2 aromatic carbocycles. The first kappa shape index (κ1) is 20.6. The van der Waals surface area contributed by atoms with Crippen LogP contribution in [0.1, 0.15) is 42.3 Å². The maximum Gasteiger partial charge on any atom is 0.243 e. The average molecular weight is 385 g/mol. The number of benzene rings is 2. The van der Waals surface area contributed by atoms with E-state index in [1.54, 1.807) is 49.5 Å². The first-order valence-corrected chi connectivity index (χ1v) is 9.96. The molecule has 0 fully saturated rings. The quantitative estimate of drug-likeness (QED) is 0.738. The Morgan fingerprint density at radius 1 is 1.19 bits per heavy atom. The van der Waals surface area contributed by atoms with Crippen molar-refractivity contribution in [2.45, 2.75) is 38.3 Å². The van der Waals surface area contributed by atoms with Crippen molar-refractivity contribution < 1.29 is 13.2 Å². The number of nitriles is 1. The molecule has 0 saturated carbocycles. The molecule has 2 aromatic rings. The number of carbonyl (C=O) groups is 1. The van der Waals surface area contributed by atoms with Crippen LogP contribution in [0, 0.1) is 11.3 Å². The lowest BCUT2D eigenvalue weighted by molar-refractivity contribution is 0.101. The van der Waals surface area contributed by atoms with Crippen LogP contribution in [-0.4, -0.2) is 31.6 Å². The fraction of sp³-hybridized carbons (Fsp3) is 0.300. The lowest BCUT2D eigenvalue weighted by Crippen LogP contribution is -2.33. The molecule has 6 nitrogen and oxygen atoms in total. The molecule has 0 aromatic heterocycles. The first-order chi connectivity index (χ1) is 12.7. The van der Waals surface area contributed by atoms with Crippen molar-refractivity contribution in [1.29, 1.82) is 5.26 Å². The van der Waals surface area contributed by atoms with Gasteiger partial charge in [0.15, 0.2) is 5.78 Å². The lowest BCUT2D eigenvalue weighted by Gasteiger charge is -2.21. The standard InChI is InChI=1S/C20H23N3O3S/c1-14(2)23(4)27(25,26)18-8-5-16(6-9-18)13-22-20-11-17(12-21)7-10-19(20)15(3)24/h5-11,14,22H,13H2,1-4H3. The molecule has 0 saturated heterocycles. The highest BCUT2D eigenvalue weighted by molar-refractivity contribution is 7.89. The van der Waals surface area contributed by atoms with E-state index in [1.807, 2.05) is 13.8 Å². The summed E-state index contributed by atoms with van der Waals surface area (Å²) in [4.78, 5) is 12.0. The Kier molecular flexibility index (Phi) is 6.37. The molecule has 0 spiro atoms. The van der Waals surface area contributed by atoms with Gasteiger partial charge in [-0.25, -0.2) is 8.42 Å². The van der Waals surface area contributed by atoms with Crippen LogP contribution >= 0.6 is 0 Å². The number of nitrogens with zero attached hydrogens (tertiary/aromatic N) is 2. The Labute approximate surface area is 160 Å². The smallest absolute Gasteiger partial charge is 0.243 e. The maximum atomic E-state index is 12.5. The topological polar surface area (TPSA) is 90.3 Å². The van der Waals surface area contributed by atoms with Crippen molar-refractivity contribution in [3.8, 4) is 6.07 Å². The number of Topliss-reactive ketones (excluding diaryl/α,β-unsaturated/α-hetero) is 1. The van der Waals surface area contributed by atoms with Crippen molar-refractivity contribution in [2.75, 3.05) is 12.4 Å². The summed E-state index contributed by atoms with van der Waals surface area (Å²) in [6.45, 7) is 5.50. The SMILES string of the molecule is CC(=O)c1ccc(C#N)cc1NCc1ccc(S(=O)(=O)N(C)C(C)C)cc1. The van der Waals surface area contributed by atoms with Crippen LogP contribution in [-0.2, 0) is 16.6 Å². The molecule has 7 heteroatoms. The van der Waals surface area contributed by atoms with Crippen molar-refractivity contribution >= 4 is 21.5 Å². The van der Waals surface area contributed by atoms with Crippen molar-refractivity contribution in [3.05, 3.63) is 59.2 Å². The number of anilines is 1. The summed E-state index contributed by atoms with van der Waals surface area (Å²) in [6, 6.07) is 13.4. The van der Waals surface area contributed by atoms with E-state index >= 15 is 0 Å². The zero-order valence-electron chi connectivity index (χ0n) is 15.9. The molecule has 0 atom stereocenters. The van der Waals surface area contributed by atoms with E-state index in [-0.39, 0.29) is 16.7 Å². The van der Waals surface area contributed by atoms with Crippen molar-refractivity contribution in [1.82, 2.24) is 4.31 Å². The fourth-order valence-electron chi connectivity index (χ4n) is 2.49. The minimum atomic E-state index is -3.52. The molecule has 0 heterocycles. The van der Waals surface area contributed by atoms with E-state index in [1.165, 1.54) is 11.2 Å². The van der Waals surface area contributed by atoms with Gasteiger partial charge in [0, 0.05) is 30.9 Å². The Morgan fingerprint density at radius 2 is 1.81 bits per heavy atom. The number of nitrogens with one attached hydrogen (secondary N) is 1. The molecule has 2 rings (SSSR count). The normalized spacial score (nSPS) is 11.4. The summed E-state index contributed by atoms with van der Waals surface area (Å²) in [6.07, 6.45) is 0. The molecule has 0 aliphatic heterocycles. The van der Waals surface area contributed by atoms with Gasteiger partial charge in [-0.15, -0.1) is 0 Å². The highest BCUT2D eigenvalue weighted by Crippen LogP contribution is 2.21. The van der Waals surface area contributed by atoms with Gasteiger partial charge < -0.3 is 5.32 Å². The largest absolute Gasteiger partial charge is 0.380 e. The van der Waals surface area contributed by atoms with Gasteiger partial charge in [0.05, 0.1) is 16.5 Å². The van der Waals surface area contributed by atoms with Gasteiger partial charge >= 0.3 is 0 Å². The summed E-state index contributed by atoms with van der Waals surface area (Å²) >= 11 is 0. The maximum absolute atomic E-state index is 12.5. The number of hydrogen-bond acceptors (Lipinski definition) is 5. The predicted molar refractivity (Wildman–Crippen MR) is 105 cm³/mol. The number of ketones is 1. The van der Waals surface area contributed by atoms with Crippen LogP contribution in [0.15, 0.2) is 47.4 Å². The molecule has 0 radical (unpaired) electrons. The molecular formula is C20H23N3O3S. The molecule has 1 N–H and O–H groups in total. The van der Waals surface area contributed by atoms with Crippen LogP contribution in [0.5, 0.6) is 0 Å². The summed E-state index contributed by atoms with van der Waals surface area (Å²) < 4.78 is 26.3. The molecule has 0 amide bonds. The summed E-state index contributed by atoms with van der Waals surface area (Å²) in [5.74, 6) is -0.0971. The van der Waals surface area contributed by atoms with Crippen LogP contribution in [0.25, 0.3) is 0 Å².